The number of benzene rings is 1. The van der Waals surface area contributed by atoms with Gasteiger partial charge in [-0.25, -0.2) is 4.98 Å². The fraction of sp³-hybridized carbons (Fsp3) is 0.267. The zero-order chi connectivity index (χ0) is 14.1. The number of hydrogen-bond acceptors (Lipinski definition) is 3. The molecule has 0 saturated carbocycles. The Balaban J connectivity index is 1.79. The van der Waals surface area contributed by atoms with E-state index in [0.29, 0.717) is 10.2 Å². The van der Waals surface area contributed by atoms with Gasteiger partial charge in [-0.05, 0) is 29.7 Å². The van der Waals surface area contributed by atoms with Crippen LogP contribution in [0.15, 0.2) is 30.5 Å². The van der Waals surface area contributed by atoms with Crippen LogP contribution in [0, 0.1) is 0 Å². The molecule has 1 aromatic heterocycles. The van der Waals surface area contributed by atoms with Gasteiger partial charge in [0.05, 0.1) is 0 Å². The summed E-state index contributed by atoms with van der Waals surface area (Å²) in [7, 11) is 0. The highest BCUT2D eigenvalue weighted by Gasteiger charge is 2.19. The molecule has 0 bridgehead atoms. The van der Waals surface area contributed by atoms with Crippen LogP contribution in [0.4, 0.5) is 5.69 Å². The fourth-order valence-electron chi connectivity index (χ4n) is 2.59. The first-order valence-electron chi connectivity index (χ1n) is 6.52. The molecule has 0 amide bonds. The van der Waals surface area contributed by atoms with E-state index in [1.807, 2.05) is 12.1 Å². The quantitative estimate of drug-likeness (QED) is 0.682. The molecule has 0 radical (unpaired) electrons. The first kappa shape index (κ1) is 13.7. The van der Waals surface area contributed by atoms with Gasteiger partial charge < -0.3 is 5.73 Å². The molecule has 0 aliphatic carbocycles. The first-order valence-corrected chi connectivity index (χ1v) is 7.27. The average molecular weight is 308 g/mol. The number of aromatic nitrogens is 1. The lowest BCUT2D eigenvalue weighted by Gasteiger charge is -2.29. The summed E-state index contributed by atoms with van der Waals surface area (Å²) in [6.45, 7) is 2.60. The molecular weight excluding hydrogens is 293 g/mol. The van der Waals surface area contributed by atoms with Gasteiger partial charge in [0.15, 0.2) is 0 Å². The predicted octanol–water partition coefficient (Wildman–Crippen LogP) is 3.53. The molecule has 0 spiro atoms. The van der Waals surface area contributed by atoms with Crippen LogP contribution in [0.2, 0.25) is 10.2 Å². The number of rotatable bonds is 2. The fourth-order valence-corrected chi connectivity index (χ4v) is 3.02. The molecule has 20 heavy (non-hydrogen) atoms. The molecular formula is C15H15Cl2N3. The van der Waals surface area contributed by atoms with Crippen molar-refractivity contribution in [3.05, 3.63) is 57.3 Å². The van der Waals surface area contributed by atoms with Crippen LogP contribution in [0.1, 0.15) is 16.7 Å². The summed E-state index contributed by atoms with van der Waals surface area (Å²) in [6, 6.07) is 7.81. The number of nitrogen functional groups attached to an aromatic ring is 1. The summed E-state index contributed by atoms with van der Waals surface area (Å²) >= 11 is 12.0. The smallest absolute Gasteiger partial charge is 0.130 e. The van der Waals surface area contributed by atoms with E-state index in [-0.39, 0.29) is 0 Å². The van der Waals surface area contributed by atoms with Crippen LogP contribution in [0.5, 0.6) is 0 Å². The summed E-state index contributed by atoms with van der Waals surface area (Å²) in [5.41, 5.74) is 10.5. The van der Waals surface area contributed by atoms with E-state index in [1.54, 1.807) is 12.3 Å². The van der Waals surface area contributed by atoms with E-state index in [2.05, 4.69) is 16.0 Å². The van der Waals surface area contributed by atoms with Gasteiger partial charge in [-0.15, -0.1) is 0 Å². The van der Waals surface area contributed by atoms with Crippen molar-refractivity contribution in [3.8, 4) is 0 Å². The van der Waals surface area contributed by atoms with Crippen molar-refractivity contribution in [1.82, 2.24) is 9.88 Å². The molecule has 2 heterocycles. The zero-order valence-electron chi connectivity index (χ0n) is 10.9. The van der Waals surface area contributed by atoms with Crippen molar-refractivity contribution < 1.29 is 0 Å². The maximum Gasteiger partial charge on any atom is 0.130 e. The molecule has 1 aliphatic rings. The molecule has 3 nitrogen and oxygen atoms in total. The Bertz CT molecular complexity index is 643. The topological polar surface area (TPSA) is 42.1 Å². The average Bonchev–Trinajstić information content (AvgIpc) is 2.43. The first-order chi connectivity index (χ1) is 9.63. The molecule has 1 aliphatic heterocycles. The number of anilines is 1. The summed E-state index contributed by atoms with van der Waals surface area (Å²) in [4.78, 5) is 6.43. The van der Waals surface area contributed by atoms with E-state index >= 15 is 0 Å². The number of pyridine rings is 1. The Morgan fingerprint density at radius 1 is 1.30 bits per heavy atom. The Morgan fingerprint density at radius 2 is 2.15 bits per heavy atom. The molecule has 0 fully saturated rings. The van der Waals surface area contributed by atoms with Gasteiger partial charge in [0, 0.05) is 42.1 Å². The molecule has 2 aromatic rings. The van der Waals surface area contributed by atoms with E-state index in [4.69, 9.17) is 28.9 Å². The highest BCUT2D eigenvalue weighted by Crippen LogP contribution is 2.27. The number of nitrogens with zero attached hydrogens (tertiary/aromatic N) is 2. The molecule has 0 unspecified atom stereocenters. The van der Waals surface area contributed by atoms with Crippen LogP contribution in [0.3, 0.4) is 0 Å². The van der Waals surface area contributed by atoms with Gasteiger partial charge in [0.25, 0.3) is 0 Å². The van der Waals surface area contributed by atoms with Gasteiger partial charge in [0.2, 0.25) is 0 Å². The second-order valence-electron chi connectivity index (χ2n) is 5.04. The number of halogens is 2. The van der Waals surface area contributed by atoms with Crippen molar-refractivity contribution in [3.63, 3.8) is 0 Å². The van der Waals surface area contributed by atoms with Crippen molar-refractivity contribution in [2.45, 2.75) is 19.5 Å². The zero-order valence-corrected chi connectivity index (χ0v) is 12.5. The van der Waals surface area contributed by atoms with E-state index < -0.39 is 0 Å². The van der Waals surface area contributed by atoms with Crippen LogP contribution in [-0.2, 0) is 19.5 Å². The highest BCUT2D eigenvalue weighted by atomic mass is 35.5. The lowest BCUT2D eigenvalue weighted by Crippen LogP contribution is -2.30. The van der Waals surface area contributed by atoms with Gasteiger partial charge in [-0.2, -0.15) is 0 Å². The molecule has 3 rings (SSSR count). The third-order valence-electron chi connectivity index (χ3n) is 3.68. The van der Waals surface area contributed by atoms with E-state index in [9.17, 15) is 0 Å². The van der Waals surface area contributed by atoms with Gasteiger partial charge in [-0.3, -0.25) is 4.90 Å². The summed E-state index contributed by atoms with van der Waals surface area (Å²) < 4.78 is 0. The SMILES string of the molecule is Nc1cccc2c1CN(Cc1cnc(Cl)cc1Cl)CC2. The molecule has 1 aromatic carbocycles. The molecule has 104 valence electrons. The Morgan fingerprint density at radius 3 is 2.95 bits per heavy atom. The van der Waals surface area contributed by atoms with Crippen LogP contribution in [-0.4, -0.2) is 16.4 Å². The standard InChI is InChI=1S/C15H15Cl2N3/c16-13-6-15(17)19-7-11(13)8-20-5-4-10-2-1-3-14(18)12(10)9-20/h1-3,6-7H,4-5,8-9,18H2. The monoisotopic (exact) mass is 307 g/mol. The Labute approximate surface area is 128 Å². The Kier molecular flexibility index (Phi) is 3.83. The predicted molar refractivity (Wildman–Crippen MR) is 82.9 cm³/mol. The van der Waals surface area contributed by atoms with Gasteiger partial charge >= 0.3 is 0 Å². The minimum Gasteiger partial charge on any atom is -0.398 e. The summed E-state index contributed by atoms with van der Waals surface area (Å²) in [6.07, 6.45) is 2.76. The van der Waals surface area contributed by atoms with Crippen LogP contribution < -0.4 is 5.73 Å². The van der Waals surface area contributed by atoms with E-state index in [0.717, 1.165) is 37.3 Å². The number of fused-ring (bicyclic) bond motifs is 1. The summed E-state index contributed by atoms with van der Waals surface area (Å²) in [5.74, 6) is 0. The number of hydrogen-bond donors (Lipinski definition) is 1. The highest BCUT2D eigenvalue weighted by molar-refractivity contribution is 6.34. The third kappa shape index (κ3) is 2.75. The van der Waals surface area contributed by atoms with Gasteiger partial charge in [-0.1, -0.05) is 35.3 Å². The van der Waals surface area contributed by atoms with Crippen molar-refractivity contribution in [1.29, 1.82) is 0 Å². The lowest BCUT2D eigenvalue weighted by molar-refractivity contribution is 0.246. The molecule has 2 N–H and O–H groups in total. The van der Waals surface area contributed by atoms with Crippen molar-refractivity contribution in [2.24, 2.45) is 0 Å². The summed E-state index contributed by atoms with van der Waals surface area (Å²) in [5, 5.41) is 1.09. The maximum atomic E-state index is 6.20. The third-order valence-corrected chi connectivity index (χ3v) is 4.24. The Hall–Kier alpha value is -1.29. The van der Waals surface area contributed by atoms with Crippen LogP contribution in [0.25, 0.3) is 0 Å². The molecule has 0 atom stereocenters. The number of nitrogens with two attached hydrogens (primary N) is 1. The van der Waals surface area contributed by atoms with Crippen LogP contribution >= 0.6 is 23.2 Å². The second-order valence-corrected chi connectivity index (χ2v) is 5.84. The molecule has 5 heteroatoms. The van der Waals surface area contributed by atoms with Crippen molar-refractivity contribution in [2.75, 3.05) is 12.3 Å². The normalized spacial score (nSPS) is 15.1. The minimum atomic E-state index is 0.423. The van der Waals surface area contributed by atoms with E-state index in [1.165, 1.54) is 11.1 Å². The lowest BCUT2D eigenvalue weighted by atomic mass is 9.98. The minimum absolute atomic E-state index is 0.423. The van der Waals surface area contributed by atoms with Crippen molar-refractivity contribution >= 4 is 28.9 Å². The van der Waals surface area contributed by atoms with Gasteiger partial charge in [0.1, 0.15) is 5.15 Å². The molecule has 0 saturated heterocycles. The maximum absolute atomic E-state index is 6.20. The largest absolute Gasteiger partial charge is 0.398 e. The second kappa shape index (κ2) is 5.60.